The minimum Gasteiger partial charge on any atom is -0.445 e. The zero-order valence-corrected chi connectivity index (χ0v) is 20.3. The highest BCUT2D eigenvalue weighted by Gasteiger charge is 2.41. The molecule has 178 valence electrons. The fourth-order valence-corrected chi connectivity index (χ4v) is 5.93. The Morgan fingerprint density at radius 2 is 1.47 bits per heavy atom. The van der Waals surface area contributed by atoms with E-state index in [9.17, 15) is 13.2 Å². The molecule has 7 heteroatoms. The van der Waals surface area contributed by atoms with Gasteiger partial charge in [0, 0.05) is 19.1 Å². The van der Waals surface area contributed by atoms with Gasteiger partial charge in [0.25, 0.3) is 0 Å². The Labute approximate surface area is 201 Å². The first-order valence-corrected chi connectivity index (χ1v) is 12.9. The average Bonchev–Trinajstić information content (AvgIpc) is 2.84. The molecule has 0 unspecified atom stereocenters. The molecule has 1 aliphatic heterocycles. The highest BCUT2D eigenvalue weighted by Crippen LogP contribution is 2.26. The number of rotatable bonds is 6. The van der Waals surface area contributed by atoms with Gasteiger partial charge in [0.1, 0.15) is 6.61 Å². The van der Waals surface area contributed by atoms with Gasteiger partial charge in [-0.3, -0.25) is 4.90 Å². The van der Waals surface area contributed by atoms with Crippen molar-refractivity contribution < 1.29 is 17.9 Å². The molecule has 0 bridgehead atoms. The van der Waals surface area contributed by atoms with Crippen LogP contribution >= 0.6 is 0 Å². The van der Waals surface area contributed by atoms with Gasteiger partial charge in [-0.1, -0.05) is 78.4 Å². The van der Waals surface area contributed by atoms with Crippen molar-refractivity contribution >= 4 is 16.1 Å². The van der Waals surface area contributed by atoms with Gasteiger partial charge in [0.2, 0.25) is 10.0 Å². The Kier molecular flexibility index (Phi) is 7.34. The van der Waals surface area contributed by atoms with E-state index in [0.29, 0.717) is 6.42 Å². The van der Waals surface area contributed by atoms with Crippen molar-refractivity contribution in [3.8, 4) is 0 Å². The normalized spacial score (nSPS) is 19.1. The molecule has 2 atom stereocenters. The van der Waals surface area contributed by atoms with E-state index in [4.69, 9.17) is 4.74 Å². The molecule has 1 amide bonds. The van der Waals surface area contributed by atoms with Gasteiger partial charge in [0.05, 0.1) is 10.9 Å². The fourth-order valence-electron chi connectivity index (χ4n) is 4.37. The third kappa shape index (κ3) is 5.48. The molecule has 0 aliphatic carbocycles. The number of ether oxygens (including phenoxy) is 1. The number of hydrogen-bond donors (Lipinski definition) is 0. The summed E-state index contributed by atoms with van der Waals surface area (Å²) in [6, 6.07) is 25.5. The van der Waals surface area contributed by atoms with Crippen LogP contribution in [0, 0.1) is 6.92 Å². The molecule has 1 aliphatic rings. The van der Waals surface area contributed by atoms with Crippen LogP contribution in [0.15, 0.2) is 89.8 Å². The van der Waals surface area contributed by atoms with E-state index >= 15 is 0 Å². The van der Waals surface area contributed by atoms with Crippen molar-refractivity contribution in [1.82, 2.24) is 9.21 Å². The molecule has 1 heterocycles. The first-order valence-electron chi connectivity index (χ1n) is 11.4. The summed E-state index contributed by atoms with van der Waals surface area (Å²) < 4.78 is 34.0. The first kappa shape index (κ1) is 24.0. The number of sulfonamides is 1. The second kappa shape index (κ2) is 10.4. The molecule has 0 aromatic heterocycles. The maximum absolute atomic E-state index is 13.4. The Morgan fingerprint density at radius 3 is 2.09 bits per heavy atom. The summed E-state index contributed by atoms with van der Waals surface area (Å²) in [5.74, 6) is 0. The lowest BCUT2D eigenvalue weighted by Crippen LogP contribution is -2.61. The average molecular weight is 479 g/mol. The Morgan fingerprint density at radius 1 is 0.882 bits per heavy atom. The number of carbonyl (C=O) groups excluding carboxylic acids is 1. The van der Waals surface area contributed by atoms with Crippen LogP contribution in [0.1, 0.15) is 23.6 Å². The molecule has 3 aromatic carbocycles. The second-order valence-corrected chi connectivity index (χ2v) is 10.7. The minimum absolute atomic E-state index is 0.173. The summed E-state index contributed by atoms with van der Waals surface area (Å²) in [5, 5.41) is 0. The monoisotopic (exact) mass is 478 g/mol. The maximum Gasteiger partial charge on any atom is 0.410 e. The first-order chi connectivity index (χ1) is 16.3. The fraction of sp³-hybridized carbons (Fsp3) is 0.296. The highest BCUT2D eigenvalue weighted by atomic mass is 32.2. The van der Waals surface area contributed by atoms with Crippen LogP contribution in [0.2, 0.25) is 0 Å². The van der Waals surface area contributed by atoms with Crippen molar-refractivity contribution in [2.75, 3.05) is 13.1 Å². The van der Waals surface area contributed by atoms with Gasteiger partial charge in [-0.2, -0.15) is 4.31 Å². The predicted molar refractivity (Wildman–Crippen MR) is 132 cm³/mol. The lowest BCUT2D eigenvalue weighted by atomic mass is 10.0. The minimum atomic E-state index is -3.69. The van der Waals surface area contributed by atoms with E-state index in [1.165, 1.54) is 4.31 Å². The molecule has 0 radical (unpaired) electrons. The van der Waals surface area contributed by atoms with E-state index in [-0.39, 0.29) is 36.7 Å². The van der Waals surface area contributed by atoms with Crippen LogP contribution in [0.25, 0.3) is 0 Å². The molecule has 6 nitrogen and oxygen atoms in total. The number of carbonyl (C=O) groups is 1. The van der Waals surface area contributed by atoms with Gasteiger partial charge in [-0.15, -0.1) is 0 Å². The van der Waals surface area contributed by atoms with Gasteiger partial charge in [-0.05, 0) is 43.5 Å². The lowest BCUT2D eigenvalue weighted by molar-refractivity contribution is 0.0356. The molecule has 1 fully saturated rings. The summed E-state index contributed by atoms with van der Waals surface area (Å²) in [5.41, 5.74) is 2.94. The molecular formula is C27H30N2O4S. The molecular weight excluding hydrogens is 448 g/mol. The highest BCUT2D eigenvalue weighted by molar-refractivity contribution is 7.89. The van der Waals surface area contributed by atoms with Crippen molar-refractivity contribution in [3.63, 3.8) is 0 Å². The van der Waals surface area contributed by atoms with Crippen LogP contribution in [-0.2, 0) is 27.8 Å². The quantitative estimate of drug-likeness (QED) is 0.518. The lowest BCUT2D eigenvalue weighted by Gasteiger charge is -2.44. The number of amides is 1. The van der Waals surface area contributed by atoms with E-state index in [2.05, 4.69) is 0 Å². The van der Waals surface area contributed by atoms with Crippen LogP contribution in [0.4, 0.5) is 4.79 Å². The number of aryl methyl sites for hydroxylation is 1. The maximum atomic E-state index is 13.4. The second-order valence-electron chi connectivity index (χ2n) is 8.78. The number of piperazine rings is 1. The van der Waals surface area contributed by atoms with Crippen LogP contribution in [0.3, 0.4) is 0 Å². The molecule has 1 saturated heterocycles. The molecule has 3 aromatic rings. The summed E-state index contributed by atoms with van der Waals surface area (Å²) in [7, 11) is -3.69. The summed E-state index contributed by atoms with van der Waals surface area (Å²) in [4.78, 5) is 15.2. The molecule has 34 heavy (non-hydrogen) atoms. The summed E-state index contributed by atoms with van der Waals surface area (Å²) in [6.45, 7) is 4.39. The van der Waals surface area contributed by atoms with Gasteiger partial charge in [-0.25, -0.2) is 13.2 Å². The number of hydrogen-bond acceptors (Lipinski definition) is 4. The molecule has 0 saturated carbocycles. The SMILES string of the molecule is Cc1ccc(S(=O)(=O)N2C[C@H](Cc3ccccc3)N(C(=O)OCc3ccccc3)[C@@H](C)C2)cc1. The van der Waals surface area contributed by atoms with Gasteiger partial charge in [0.15, 0.2) is 0 Å². The van der Waals surface area contributed by atoms with E-state index in [1.807, 2.05) is 74.5 Å². The third-order valence-electron chi connectivity index (χ3n) is 6.14. The van der Waals surface area contributed by atoms with Crippen LogP contribution < -0.4 is 0 Å². The number of nitrogens with zero attached hydrogens (tertiary/aromatic N) is 2. The smallest absolute Gasteiger partial charge is 0.410 e. The molecule has 0 spiro atoms. The van der Waals surface area contributed by atoms with Crippen molar-refractivity contribution in [3.05, 3.63) is 102 Å². The van der Waals surface area contributed by atoms with Crippen molar-refractivity contribution in [2.24, 2.45) is 0 Å². The van der Waals surface area contributed by atoms with Crippen LogP contribution in [-0.4, -0.2) is 48.9 Å². The standard InChI is InChI=1S/C27H30N2O4S/c1-21-13-15-26(16-14-21)34(31,32)28-18-22(2)29(25(19-28)17-23-9-5-3-6-10-23)27(30)33-20-24-11-7-4-8-12-24/h3-16,22,25H,17-20H2,1-2H3/t22-,25-/m0/s1. The summed E-state index contributed by atoms with van der Waals surface area (Å²) >= 11 is 0. The Bertz CT molecular complexity index is 1200. The predicted octanol–water partition coefficient (Wildman–Crippen LogP) is 4.64. The van der Waals surface area contributed by atoms with Crippen molar-refractivity contribution in [1.29, 1.82) is 0 Å². The molecule has 4 rings (SSSR count). The van der Waals surface area contributed by atoms with Crippen molar-refractivity contribution in [2.45, 2.75) is 43.9 Å². The zero-order valence-electron chi connectivity index (χ0n) is 19.5. The van der Waals surface area contributed by atoms with Gasteiger partial charge < -0.3 is 4.74 Å². The Hall–Kier alpha value is -3.16. The number of benzene rings is 3. The summed E-state index contributed by atoms with van der Waals surface area (Å²) in [6.07, 6.45) is 0.107. The Balaban J connectivity index is 1.57. The van der Waals surface area contributed by atoms with Crippen LogP contribution in [0.5, 0.6) is 0 Å². The van der Waals surface area contributed by atoms with E-state index in [1.54, 1.807) is 29.2 Å². The third-order valence-corrected chi connectivity index (χ3v) is 7.99. The van der Waals surface area contributed by atoms with E-state index < -0.39 is 16.1 Å². The zero-order chi connectivity index (χ0) is 24.1. The molecule has 0 N–H and O–H groups in total. The van der Waals surface area contributed by atoms with E-state index in [0.717, 1.165) is 16.7 Å². The topological polar surface area (TPSA) is 66.9 Å². The largest absolute Gasteiger partial charge is 0.445 e. The van der Waals surface area contributed by atoms with Gasteiger partial charge >= 0.3 is 6.09 Å².